The first-order chi connectivity index (χ1) is 20.5. The van der Waals surface area contributed by atoms with Gasteiger partial charge in [0, 0.05) is 22.7 Å². The van der Waals surface area contributed by atoms with Crippen LogP contribution in [0, 0.1) is 40.4 Å². The average Bonchev–Trinajstić information content (AvgIpc) is 3.44. The number of fused-ring (bicyclic) bond motifs is 7. The van der Waals surface area contributed by atoms with Crippen molar-refractivity contribution in [3.05, 3.63) is 23.8 Å². The van der Waals surface area contributed by atoms with Gasteiger partial charge in [0.05, 0.1) is 18.1 Å². The van der Waals surface area contributed by atoms with Gasteiger partial charge in [-0.05, 0) is 62.5 Å². The van der Waals surface area contributed by atoms with E-state index in [1.807, 2.05) is 6.08 Å². The predicted molar refractivity (Wildman–Crippen MR) is 157 cm³/mol. The molecule has 1 heterocycles. The number of allylic oxidation sites excluding steroid dienone is 4. The highest BCUT2D eigenvalue weighted by atomic mass is 32.3. The van der Waals surface area contributed by atoms with Gasteiger partial charge >= 0.3 is 16.4 Å². The Morgan fingerprint density at radius 2 is 1.77 bits per heavy atom. The van der Waals surface area contributed by atoms with Crippen LogP contribution in [0.2, 0.25) is 0 Å². The molecule has 0 unspecified atom stereocenters. The second-order valence-electron chi connectivity index (χ2n) is 14.3. The summed E-state index contributed by atoms with van der Waals surface area (Å²) in [5.41, 5.74) is -1.19. The third kappa shape index (κ3) is 5.75. The molecule has 0 aromatic heterocycles. The molecule has 0 radical (unpaired) electrons. The number of Topliss-reactive ketones (excluding diaryl/α,β-unsaturated/α-hetero) is 1. The van der Waals surface area contributed by atoms with E-state index >= 15 is 0 Å². The summed E-state index contributed by atoms with van der Waals surface area (Å²) in [4.78, 5) is 38.7. The molecule has 0 amide bonds. The van der Waals surface area contributed by atoms with E-state index in [1.54, 1.807) is 26.0 Å². The minimum absolute atomic E-state index is 0.0162. The maximum Gasteiger partial charge on any atom is 0.394 e. The van der Waals surface area contributed by atoms with E-state index in [0.29, 0.717) is 12.8 Å². The van der Waals surface area contributed by atoms with Crippen LogP contribution in [0.3, 0.4) is 0 Å². The molecule has 6 rings (SSSR count). The molecule has 12 heteroatoms. The topological polar surface area (TPSA) is 174 Å². The van der Waals surface area contributed by atoms with E-state index in [1.165, 1.54) is 6.42 Å². The number of ether oxygens (including phenoxy) is 3. The van der Waals surface area contributed by atoms with Crippen LogP contribution in [0.4, 0.5) is 0 Å². The van der Waals surface area contributed by atoms with Gasteiger partial charge in [0.15, 0.2) is 24.3 Å². The smallest absolute Gasteiger partial charge is 0.394 e. The lowest BCUT2D eigenvalue weighted by atomic mass is 9.46. The fraction of sp³-hybridized carbons (Fsp3) is 0.781. The minimum atomic E-state index is -4.67. The summed E-state index contributed by atoms with van der Waals surface area (Å²) in [7, 11) is -4.67. The molecule has 44 heavy (non-hydrogen) atoms. The van der Waals surface area contributed by atoms with Crippen LogP contribution in [0.1, 0.15) is 85.5 Å². The van der Waals surface area contributed by atoms with Gasteiger partial charge in [-0.3, -0.25) is 23.5 Å². The van der Waals surface area contributed by atoms with Crippen LogP contribution in [0.5, 0.6) is 0 Å². The van der Waals surface area contributed by atoms with E-state index in [2.05, 4.69) is 13.8 Å². The summed E-state index contributed by atoms with van der Waals surface area (Å²) < 4.78 is 50.6. The molecule has 6 aliphatic rings. The van der Waals surface area contributed by atoms with Crippen LogP contribution >= 0.6 is 0 Å². The number of carbonyl (C=O) groups excluding carboxylic acids is 3. The van der Waals surface area contributed by atoms with Crippen LogP contribution in [0.15, 0.2) is 23.8 Å². The highest BCUT2D eigenvalue weighted by Gasteiger charge is 2.76. The second kappa shape index (κ2) is 12.0. The van der Waals surface area contributed by atoms with E-state index in [9.17, 15) is 19.5 Å². The molecule has 1 saturated heterocycles. The Morgan fingerprint density at radius 3 is 2.41 bits per heavy atom. The van der Waals surface area contributed by atoms with Crippen LogP contribution in [-0.2, 0) is 39.0 Å². The normalized spacial score (nSPS) is 41.5. The number of aliphatic hydroxyl groups excluding tert-OH is 1. The third-order valence-corrected chi connectivity index (χ3v) is 11.5. The van der Waals surface area contributed by atoms with E-state index in [4.69, 9.17) is 31.7 Å². The number of carbonyl (C=O) groups is 3. The SMILES string of the molecule is CC(C)C(=O)OCC(=O)[C@@]12O[C@H](C3CCCCC3)O[C@@H]1C[C@H]1[C@@H]3CCC4=CC(=O)C=C[C@]4(C)[C@H]3[C@@H](O)C[C@@]12C.O=S(=O)(O)O. The number of ketones is 2. The monoisotopic (exact) mass is 638 g/mol. The summed E-state index contributed by atoms with van der Waals surface area (Å²) >= 11 is 0. The zero-order chi connectivity index (χ0) is 32.2. The standard InChI is InChI=1S/C32H44O7.H2O4S/c1-18(2)28(36)37-17-25(35)32-26(38-29(39-32)19-8-6-5-7-9-19)15-23-22-11-10-20-14-21(33)12-13-30(20,3)27(22)24(34)16-31(23,32)4;1-5(2,3)4/h12-14,18-19,22-24,26-27,29,34H,5-11,15-17H2,1-4H3;(H2,1,2,3,4)/t22-,23-,24-,26+,27+,29+,30-,31-,32+;/m0./s1. The Labute approximate surface area is 259 Å². The van der Waals surface area contributed by atoms with E-state index in [0.717, 1.165) is 44.1 Å². The fourth-order valence-corrected chi connectivity index (χ4v) is 9.62. The predicted octanol–water partition coefficient (Wildman–Crippen LogP) is 4.05. The van der Waals surface area contributed by atoms with Gasteiger partial charge in [-0.15, -0.1) is 0 Å². The Morgan fingerprint density at radius 1 is 1.11 bits per heavy atom. The summed E-state index contributed by atoms with van der Waals surface area (Å²) in [5, 5.41) is 11.9. The lowest BCUT2D eigenvalue weighted by Crippen LogP contribution is -2.63. The van der Waals surface area contributed by atoms with Gasteiger partial charge in [-0.2, -0.15) is 8.42 Å². The van der Waals surface area contributed by atoms with Gasteiger partial charge in [0.2, 0.25) is 5.78 Å². The second-order valence-corrected chi connectivity index (χ2v) is 15.2. The lowest BCUT2D eigenvalue weighted by Gasteiger charge is -2.59. The Kier molecular flexibility index (Phi) is 9.11. The van der Waals surface area contributed by atoms with Crippen molar-refractivity contribution in [1.29, 1.82) is 0 Å². The van der Waals surface area contributed by atoms with Crippen molar-refractivity contribution in [3.8, 4) is 0 Å². The first kappa shape index (κ1) is 33.4. The zero-order valence-corrected chi connectivity index (χ0v) is 26.8. The molecule has 3 N–H and O–H groups in total. The summed E-state index contributed by atoms with van der Waals surface area (Å²) in [6, 6.07) is 0. The number of aliphatic hydroxyl groups is 1. The molecule has 246 valence electrons. The van der Waals surface area contributed by atoms with Gasteiger partial charge < -0.3 is 19.3 Å². The van der Waals surface area contributed by atoms with Crippen LogP contribution in [-0.4, -0.2) is 70.9 Å². The quantitative estimate of drug-likeness (QED) is 0.293. The molecule has 0 aromatic rings. The van der Waals surface area contributed by atoms with Crippen molar-refractivity contribution >= 4 is 27.9 Å². The fourth-order valence-electron chi connectivity index (χ4n) is 9.62. The molecule has 1 aliphatic heterocycles. The Hall–Kier alpha value is -1.96. The van der Waals surface area contributed by atoms with Gasteiger partial charge in [-0.25, -0.2) is 0 Å². The van der Waals surface area contributed by atoms with Crippen molar-refractivity contribution in [2.24, 2.45) is 40.4 Å². The molecule has 5 fully saturated rings. The van der Waals surface area contributed by atoms with Crippen molar-refractivity contribution in [3.63, 3.8) is 0 Å². The number of rotatable bonds is 5. The van der Waals surface area contributed by atoms with Gasteiger partial charge in [0.1, 0.15) is 0 Å². The molecule has 0 aromatic carbocycles. The first-order valence-electron chi connectivity index (χ1n) is 15.9. The molecule has 11 nitrogen and oxygen atoms in total. The van der Waals surface area contributed by atoms with Crippen LogP contribution < -0.4 is 0 Å². The average molecular weight is 639 g/mol. The maximum atomic E-state index is 14.2. The van der Waals surface area contributed by atoms with Crippen molar-refractivity contribution in [1.82, 2.24) is 0 Å². The molecule has 0 bridgehead atoms. The molecule has 5 aliphatic carbocycles. The number of hydrogen-bond acceptors (Lipinski definition) is 9. The molecular weight excluding hydrogens is 592 g/mol. The maximum absolute atomic E-state index is 14.2. The van der Waals surface area contributed by atoms with Crippen molar-refractivity contribution in [2.75, 3.05) is 6.61 Å². The van der Waals surface area contributed by atoms with Crippen molar-refractivity contribution < 1.29 is 51.2 Å². The highest BCUT2D eigenvalue weighted by molar-refractivity contribution is 7.79. The molecule has 9 atom stereocenters. The largest absolute Gasteiger partial charge is 0.457 e. The van der Waals surface area contributed by atoms with Gasteiger partial charge in [-0.1, -0.05) is 58.6 Å². The van der Waals surface area contributed by atoms with E-state index < -0.39 is 45.9 Å². The van der Waals surface area contributed by atoms with Crippen molar-refractivity contribution in [2.45, 2.75) is 110 Å². The summed E-state index contributed by atoms with van der Waals surface area (Å²) in [6.45, 7) is 7.44. The number of esters is 1. The number of hydrogen-bond donors (Lipinski definition) is 3. The third-order valence-electron chi connectivity index (χ3n) is 11.5. The minimum Gasteiger partial charge on any atom is -0.457 e. The Balaban J connectivity index is 0.000000712. The highest BCUT2D eigenvalue weighted by Crippen LogP contribution is 2.70. The summed E-state index contributed by atoms with van der Waals surface area (Å²) in [6.07, 6.45) is 12.2. The van der Waals surface area contributed by atoms with Gasteiger partial charge in [0.25, 0.3) is 0 Å². The Bertz CT molecular complexity index is 1320. The molecular formula is C32H46O11S. The lowest BCUT2D eigenvalue weighted by molar-refractivity contribution is -0.210. The zero-order valence-electron chi connectivity index (χ0n) is 25.9. The van der Waals surface area contributed by atoms with Crippen LogP contribution in [0.25, 0.3) is 0 Å². The van der Waals surface area contributed by atoms with E-state index in [-0.39, 0.29) is 53.2 Å². The summed E-state index contributed by atoms with van der Waals surface area (Å²) in [5.74, 6) is -0.471. The molecule has 0 spiro atoms. The molecule has 4 saturated carbocycles. The first-order valence-corrected chi connectivity index (χ1v) is 17.3.